The number of thiazole rings is 1. The molecule has 1 aromatic carbocycles. The van der Waals surface area contributed by atoms with E-state index in [1.807, 2.05) is 29.6 Å². The molecule has 1 saturated heterocycles. The lowest BCUT2D eigenvalue weighted by molar-refractivity contribution is 0.0299. The molecular formula is C14H13ClN2O2S. The van der Waals surface area contributed by atoms with Crippen molar-refractivity contribution in [3.05, 3.63) is 40.4 Å². The summed E-state index contributed by atoms with van der Waals surface area (Å²) in [6.07, 6.45) is 0. The Balaban J connectivity index is 1.79. The molecule has 1 fully saturated rings. The minimum atomic E-state index is -0.0234. The zero-order chi connectivity index (χ0) is 13.9. The number of halogens is 1. The summed E-state index contributed by atoms with van der Waals surface area (Å²) in [5.41, 5.74) is 1.47. The van der Waals surface area contributed by atoms with Crippen LogP contribution in [0.3, 0.4) is 0 Å². The molecule has 2 heterocycles. The van der Waals surface area contributed by atoms with Crippen LogP contribution in [0.15, 0.2) is 29.6 Å². The van der Waals surface area contributed by atoms with Crippen molar-refractivity contribution in [2.75, 3.05) is 26.3 Å². The Morgan fingerprint density at radius 3 is 2.65 bits per heavy atom. The molecule has 0 aliphatic carbocycles. The van der Waals surface area contributed by atoms with E-state index in [9.17, 15) is 4.79 Å². The van der Waals surface area contributed by atoms with Crippen LogP contribution in [0.4, 0.5) is 0 Å². The van der Waals surface area contributed by atoms with Gasteiger partial charge < -0.3 is 9.64 Å². The average Bonchev–Trinajstić information content (AvgIpc) is 2.98. The summed E-state index contributed by atoms with van der Waals surface area (Å²) >= 11 is 7.33. The monoisotopic (exact) mass is 308 g/mol. The maximum absolute atomic E-state index is 12.3. The smallest absolute Gasteiger partial charge is 0.273 e. The third kappa shape index (κ3) is 2.85. The number of ether oxygens (including phenoxy) is 1. The summed E-state index contributed by atoms with van der Waals surface area (Å²) in [7, 11) is 0. The minimum Gasteiger partial charge on any atom is -0.378 e. The maximum atomic E-state index is 12.3. The van der Waals surface area contributed by atoms with Gasteiger partial charge in [-0.05, 0) is 12.1 Å². The first-order chi connectivity index (χ1) is 9.74. The van der Waals surface area contributed by atoms with Crippen LogP contribution < -0.4 is 0 Å². The highest BCUT2D eigenvalue weighted by Gasteiger charge is 2.21. The molecule has 0 radical (unpaired) electrons. The molecule has 104 valence electrons. The summed E-state index contributed by atoms with van der Waals surface area (Å²) in [5, 5.41) is 3.33. The van der Waals surface area contributed by atoms with E-state index in [2.05, 4.69) is 4.98 Å². The van der Waals surface area contributed by atoms with E-state index in [0.29, 0.717) is 37.0 Å². The predicted octanol–water partition coefficient (Wildman–Crippen LogP) is 2.94. The summed E-state index contributed by atoms with van der Waals surface area (Å²) in [4.78, 5) is 18.5. The quantitative estimate of drug-likeness (QED) is 0.856. The Labute approximate surface area is 126 Å². The van der Waals surface area contributed by atoms with Crippen molar-refractivity contribution in [2.45, 2.75) is 0 Å². The number of hydrogen-bond donors (Lipinski definition) is 0. The first-order valence-electron chi connectivity index (χ1n) is 6.32. The van der Waals surface area contributed by atoms with E-state index < -0.39 is 0 Å². The molecule has 4 nitrogen and oxygen atoms in total. The number of nitrogens with zero attached hydrogens (tertiary/aromatic N) is 2. The van der Waals surface area contributed by atoms with E-state index in [1.54, 1.807) is 4.90 Å². The second kappa shape index (κ2) is 5.91. The van der Waals surface area contributed by atoms with Gasteiger partial charge in [0, 0.05) is 29.1 Å². The normalized spacial score (nSPS) is 15.3. The van der Waals surface area contributed by atoms with Gasteiger partial charge in [0.15, 0.2) is 0 Å². The largest absolute Gasteiger partial charge is 0.378 e. The van der Waals surface area contributed by atoms with E-state index in [4.69, 9.17) is 16.3 Å². The van der Waals surface area contributed by atoms with Crippen molar-refractivity contribution in [1.82, 2.24) is 9.88 Å². The zero-order valence-corrected chi connectivity index (χ0v) is 12.3. The van der Waals surface area contributed by atoms with Crippen molar-refractivity contribution in [2.24, 2.45) is 0 Å². The van der Waals surface area contributed by atoms with Crippen molar-refractivity contribution in [3.63, 3.8) is 0 Å². The van der Waals surface area contributed by atoms with Gasteiger partial charge in [-0.2, -0.15) is 0 Å². The molecule has 6 heteroatoms. The third-order valence-corrected chi connectivity index (χ3v) is 4.26. The minimum absolute atomic E-state index is 0.0234. The second-order valence-electron chi connectivity index (χ2n) is 4.45. The van der Waals surface area contributed by atoms with Gasteiger partial charge in [0.05, 0.1) is 13.2 Å². The highest BCUT2D eigenvalue weighted by molar-refractivity contribution is 7.13. The van der Waals surface area contributed by atoms with Crippen molar-refractivity contribution < 1.29 is 9.53 Å². The van der Waals surface area contributed by atoms with Gasteiger partial charge in [-0.15, -0.1) is 11.3 Å². The van der Waals surface area contributed by atoms with Crippen molar-refractivity contribution in [1.29, 1.82) is 0 Å². The molecule has 0 saturated carbocycles. The average molecular weight is 309 g/mol. The summed E-state index contributed by atoms with van der Waals surface area (Å²) in [6, 6.07) is 7.46. The standard InChI is InChI=1S/C14H13ClN2O2S/c15-11-3-1-10(2-4-11)13-16-12(9-20-13)14(18)17-5-7-19-8-6-17/h1-4,9H,5-8H2. The zero-order valence-electron chi connectivity index (χ0n) is 10.7. The van der Waals surface area contributed by atoms with Crippen LogP contribution in [0.25, 0.3) is 10.6 Å². The van der Waals surface area contributed by atoms with E-state index in [-0.39, 0.29) is 5.91 Å². The lowest BCUT2D eigenvalue weighted by Crippen LogP contribution is -2.40. The molecule has 1 amide bonds. The first kappa shape index (κ1) is 13.5. The lowest BCUT2D eigenvalue weighted by atomic mass is 10.2. The molecule has 1 aliphatic rings. The molecule has 0 bridgehead atoms. The number of carbonyl (C=O) groups is 1. The molecule has 1 aromatic heterocycles. The SMILES string of the molecule is O=C(c1csc(-c2ccc(Cl)cc2)n1)N1CCOCC1. The van der Waals surface area contributed by atoms with Crippen molar-refractivity contribution in [3.8, 4) is 10.6 Å². The van der Waals surface area contributed by atoms with Crippen LogP contribution in [-0.2, 0) is 4.74 Å². The summed E-state index contributed by atoms with van der Waals surface area (Å²) in [5.74, 6) is -0.0234. The Morgan fingerprint density at radius 1 is 1.25 bits per heavy atom. The van der Waals surface area contributed by atoms with Crippen molar-refractivity contribution >= 4 is 28.8 Å². The molecule has 20 heavy (non-hydrogen) atoms. The molecule has 2 aromatic rings. The Hall–Kier alpha value is -1.43. The summed E-state index contributed by atoms with van der Waals surface area (Å²) < 4.78 is 5.25. The fraction of sp³-hybridized carbons (Fsp3) is 0.286. The van der Waals surface area contributed by atoms with Gasteiger partial charge in [0.1, 0.15) is 10.7 Å². The van der Waals surface area contributed by atoms with Gasteiger partial charge >= 0.3 is 0 Å². The molecular weight excluding hydrogens is 296 g/mol. The number of morpholine rings is 1. The highest BCUT2D eigenvalue weighted by atomic mass is 35.5. The molecule has 3 rings (SSSR count). The number of hydrogen-bond acceptors (Lipinski definition) is 4. The topological polar surface area (TPSA) is 42.4 Å². The molecule has 0 atom stereocenters. The van der Waals surface area contributed by atoms with Gasteiger partial charge in [0.2, 0.25) is 0 Å². The molecule has 0 spiro atoms. The summed E-state index contributed by atoms with van der Waals surface area (Å²) in [6.45, 7) is 2.46. The van der Waals surface area contributed by atoms with E-state index in [1.165, 1.54) is 11.3 Å². The Morgan fingerprint density at radius 2 is 1.95 bits per heavy atom. The van der Waals surface area contributed by atoms with E-state index in [0.717, 1.165) is 10.6 Å². The fourth-order valence-electron chi connectivity index (χ4n) is 2.03. The van der Waals surface area contributed by atoms with Crippen LogP contribution >= 0.6 is 22.9 Å². The van der Waals surface area contributed by atoms with Crippen LogP contribution in [0.1, 0.15) is 10.5 Å². The Kier molecular flexibility index (Phi) is 4.00. The number of benzene rings is 1. The van der Waals surface area contributed by atoms with E-state index >= 15 is 0 Å². The maximum Gasteiger partial charge on any atom is 0.273 e. The van der Waals surface area contributed by atoms with Crippen LogP contribution in [0.5, 0.6) is 0 Å². The fourth-order valence-corrected chi connectivity index (χ4v) is 2.95. The second-order valence-corrected chi connectivity index (χ2v) is 5.74. The number of carbonyl (C=O) groups excluding carboxylic acids is 1. The number of amides is 1. The van der Waals surface area contributed by atoms with Gasteiger partial charge in [-0.25, -0.2) is 4.98 Å². The van der Waals surface area contributed by atoms with Gasteiger partial charge in [0.25, 0.3) is 5.91 Å². The number of rotatable bonds is 2. The molecule has 0 N–H and O–H groups in total. The van der Waals surface area contributed by atoms with Crippen LogP contribution in [-0.4, -0.2) is 42.1 Å². The predicted molar refractivity (Wildman–Crippen MR) is 79.3 cm³/mol. The van der Waals surface area contributed by atoms with Gasteiger partial charge in [-0.3, -0.25) is 4.79 Å². The van der Waals surface area contributed by atoms with Gasteiger partial charge in [-0.1, -0.05) is 23.7 Å². The van der Waals surface area contributed by atoms with Crippen LogP contribution in [0.2, 0.25) is 5.02 Å². The van der Waals surface area contributed by atoms with Crippen LogP contribution in [0, 0.1) is 0 Å². The first-order valence-corrected chi connectivity index (χ1v) is 7.58. The lowest BCUT2D eigenvalue weighted by Gasteiger charge is -2.25. The third-order valence-electron chi connectivity index (χ3n) is 3.11. The molecule has 0 unspecified atom stereocenters. The number of aromatic nitrogens is 1. The highest BCUT2D eigenvalue weighted by Crippen LogP contribution is 2.25. The Bertz CT molecular complexity index is 606. The molecule has 1 aliphatic heterocycles.